The van der Waals surface area contributed by atoms with Crippen LogP contribution in [-0.2, 0) is 0 Å². The molecule has 0 heterocycles. The zero-order valence-corrected chi connectivity index (χ0v) is 7.79. The van der Waals surface area contributed by atoms with E-state index in [1.165, 1.54) is 12.8 Å². The van der Waals surface area contributed by atoms with E-state index in [0.717, 1.165) is 4.90 Å². The molecule has 0 spiro atoms. The molecule has 13 heavy (non-hydrogen) atoms. The summed E-state index contributed by atoms with van der Waals surface area (Å²) in [7, 11) is 0. The highest BCUT2D eigenvalue weighted by molar-refractivity contribution is 8.00. The first-order valence-corrected chi connectivity index (χ1v) is 5.05. The predicted molar refractivity (Wildman–Crippen MR) is 52.0 cm³/mol. The van der Waals surface area contributed by atoms with E-state index in [4.69, 9.17) is 0 Å². The lowest BCUT2D eigenvalue weighted by Gasteiger charge is -1.99. The number of nitrogens with zero attached hydrogens (tertiary/aromatic N) is 1. The summed E-state index contributed by atoms with van der Waals surface area (Å²) in [6.07, 6.45) is 2.38. The topological polar surface area (TPSA) is 43.1 Å². The zero-order chi connectivity index (χ0) is 9.26. The van der Waals surface area contributed by atoms with Crippen LogP contribution in [0.3, 0.4) is 0 Å². The Labute approximate surface area is 80.3 Å². The normalized spacial score (nSPS) is 15.7. The number of rotatable bonds is 3. The molecule has 0 N–H and O–H groups in total. The number of nitro groups is 1. The lowest BCUT2D eigenvalue weighted by Crippen LogP contribution is -1.90. The standard InChI is InChI=1S/C9H9NO2S/c11-10(12)8-3-1-2-4-9(8)13-7-5-6-7/h1-4,7H,5-6H2. The molecule has 0 saturated heterocycles. The van der Waals surface area contributed by atoms with Crippen LogP contribution in [0.15, 0.2) is 29.2 Å². The van der Waals surface area contributed by atoms with Crippen molar-refractivity contribution in [2.75, 3.05) is 0 Å². The van der Waals surface area contributed by atoms with Gasteiger partial charge in [-0.05, 0) is 18.9 Å². The Hall–Kier alpha value is -1.03. The molecule has 1 aliphatic carbocycles. The van der Waals surface area contributed by atoms with Crippen molar-refractivity contribution < 1.29 is 4.92 Å². The van der Waals surface area contributed by atoms with Crippen LogP contribution in [0, 0.1) is 10.1 Å². The van der Waals surface area contributed by atoms with E-state index in [2.05, 4.69) is 0 Å². The van der Waals surface area contributed by atoms with Crippen LogP contribution in [0.25, 0.3) is 0 Å². The minimum Gasteiger partial charge on any atom is -0.258 e. The molecule has 4 heteroatoms. The van der Waals surface area contributed by atoms with Crippen molar-refractivity contribution in [2.45, 2.75) is 23.0 Å². The summed E-state index contributed by atoms with van der Waals surface area (Å²) in [6, 6.07) is 6.93. The molecular formula is C9H9NO2S. The van der Waals surface area contributed by atoms with Crippen molar-refractivity contribution in [3.8, 4) is 0 Å². The molecule has 1 aromatic carbocycles. The fraction of sp³-hybridized carbons (Fsp3) is 0.333. The first kappa shape index (κ1) is 8.56. The number of hydrogen-bond donors (Lipinski definition) is 0. The fourth-order valence-electron chi connectivity index (χ4n) is 1.07. The lowest BCUT2D eigenvalue weighted by molar-refractivity contribution is -0.387. The summed E-state index contributed by atoms with van der Waals surface area (Å²) in [6.45, 7) is 0. The highest BCUT2D eigenvalue weighted by Gasteiger charge is 2.25. The highest BCUT2D eigenvalue weighted by Crippen LogP contribution is 2.42. The van der Waals surface area contributed by atoms with Gasteiger partial charge in [-0.1, -0.05) is 12.1 Å². The Bertz CT molecular complexity index is 336. The van der Waals surface area contributed by atoms with Crippen molar-refractivity contribution in [1.29, 1.82) is 0 Å². The van der Waals surface area contributed by atoms with Crippen molar-refractivity contribution in [1.82, 2.24) is 0 Å². The van der Waals surface area contributed by atoms with Crippen molar-refractivity contribution in [3.63, 3.8) is 0 Å². The molecule has 0 amide bonds. The van der Waals surface area contributed by atoms with Crippen LogP contribution in [-0.4, -0.2) is 10.2 Å². The molecular weight excluding hydrogens is 186 g/mol. The Morgan fingerprint density at radius 3 is 2.69 bits per heavy atom. The van der Waals surface area contributed by atoms with Crippen LogP contribution in [0.1, 0.15) is 12.8 Å². The Morgan fingerprint density at radius 2 is 2.08 bits per heavy atom. The van der Waals surface area contributed by atoms with Crippen molar-refractivity contribution in [2.24, 2.45) is 0 Å². The van der Waals surface area contributed by atoms with Gasteiger partial charge < -0.3 is 0 Å². The Kier molecular flexibility index (Phi) is 2.22. The van der Waals surface area contributed by atoms with Gasteiger partial charge in [0.15, 0.2) is 0 Å². The maximum Gasteiger partial charge on any atom is 0.282 e. The van der Waals surface area contributed by atoms with Crippen LogP contribution in [0.2, 0.25) is 0 Å². The average molecular weight is 195 g/mol. The average Bonchev–Trinajstić information content (AvgIpc) is 2.89. The van der Waals surface area contributed by atoms with Crippen LogP contribution in [0.4, 0.5) is 5.69 Å². The Balaban J connectivity index is 2.25. The SMILES string of the molecule is O=[N+]([O-])c1ccccc1SC1CC1. The van der Waals surface area contributed by atoms with Crippen molar-refractivity contribution >= 4 is 17.4 Å². The predicted octanol–water partition coefficient (Wildman–Crippen LogP) is 2.85. The molecule has 1 aliphatic rings. The first-order valence-electron chi connectivity index (χ1n) is 4.17. The zero-order valence-electron chi connectivity index (χ0n) is 6.97. The molecule has 3 nitrogen and oxygen atoms in total. The molecule has 0 radical (unpaired) electrons. The summed E-state index contributed by atoms with van der Waals surface area (Å²) in [5, 5.41) is 11.2. The second kappa shape index (κ2) is 3.38. The third kappa shape index (κ3) is 2.01. The van der Waals surface area contributed by atoms with Gasteiger partial charge in [-0.15, -0.1) is 11.8 Å². The van der Waals surface area contributed by atoms with E-state index >= 15 is 0 Å². The van der Waals surface area contributed by atoms with Gasteiger partial charge in [0.1, 0.15) is 0 Å². The molecule has 0 aliphatic heterocycles. The smallest absolute Gasteiger partial charge is 0.258 e. The molecule has 1 aromatic rings. The summed E-state index contributed by atoms with van der Waals surface area (Å²) in [4.78, 5) is 11.1. The minimum absolute atomic E-state index is 0.236. The molecule has 1 fully saturated rings. The second-order valence-corrected chi connectivity index (χ2v) is 4.38. The van der Waals surface area contributed by atoms with Gasteiger partial charge in [0.2, 0.25) is 0 Å². The van der Waals surface area contributed by atoms with Gasteiger partial charge in [0, 0.05) is 11.3 Å². The molecule has 0 atom stereocenters. The summed E-state index contributed by atoms with van der Waals surface area (Å²) in [5.74, 6) is 0. The van der Waals surface area contributed by atoms with Gasteiger partial charge in [-0.25, -0.2) is 0 Å². The molecule has 68 valence electrons. The number of thioether (sulfide) groups is 1. The number of benzene rings is 1. The van der Waals surface area contributed by atoms with Crippen LogP contribution in [0.5, 0.6) is 0 Å². The molecule has 2 rings (SSSR count). The van der Waals surface area contributed by atoms with Gasteiger partial charge in [-0.3, -0.25) is 10.1 Å². The summed E-state index contributed by atoms with van der Waals surface area (Å²) < 4.78 is 0. The number of nitro benzene ring substituents is 1. The van der Waals surface area contributed by atoms with E-state index in [-0.39, 0.29) is 10.6 Å². The second-order valence-electron chi connectivity index (χ2n) is 3.04. The maximum absolute atomic E-state index is 10.6. The van der Waals surface area contributed by atoms with Crippen molar-refractivity contribution in [3.05, 3.63) is 34.4 Å². The van der Waals surface area contributed by atoms with Gasteiger partial charge >= 0.3 is 0 Å². The molecule has 0 aromatic heterocycles. The van der Waals surface area contributed by atoms with E-state index in [1.807, 2.05) is 12.1 Å². The van der Waals surface area contributed by atoms with E-state index < -0.39 is 0 Å². The lowest BCUT2D eigenvalue weighted by atomic mass is 10.3. The maximum atomic E-state index is 10.6. The summed E-state index contributed by atoms with van der Waals surface area (Å²) >= 11 is 1.62. The van der Waals surface area contributed by atoms with Gasteiger partial charge in [0.05, 0.1) is 9.82 Å². The highest BCUT2D eigenvalue weighted by atomic mass is 32.2. The summed E-state index contributed by atoms with van der Waals surface area (Å²) in [5.41, 5.74) is 0.236. The molecule has 0 unspecified atom stereocenters. The first-order chi connectivity index (χ1) is 6.27. The molecule has 1 saturated carbocycles. The quantitative estimate of drug-likeness (QED) is 0.550. The third-order valence-electron chi connectivity index (χ3n) is 1.88. The number of hydrogen-bond acceptors (Lipinski definition) is 3. The fourth-order valence-corrected chi connectivity index (χ4v) is 2.22. The van der Waals surface area contributed by atoms with Crippen LogP contribution >= 0.6 is 11.8 Å². The molecule has 0 bridgehead atoms. The number of para-hydroxylation sites is 1. The largest absolute Gasteiger partial charge is 0.282 e. The van der Waals surface area contributed by atoms with E-state index in [0.29, 0.717) is 5.25 Å². The monoisotopic (exact) mass is 195 g/mol. The Morgan fingerprint density at radius 1 is 1.38 bits per heavy atom. The van der Waals surface area contributed by atoms with Gasteiger partial charge in [0.25, 0.3) is 5.69 Å². The van der Waals surface area contributed by atoms with Gasteiger partial charge in [-0.2, -0.15) is 0 Å². The van der Waals surface area contributed by atoms with Crippen LogP contribution < -0.4 is 0 Å². The van der Waals surface area contributed by atoms with E-state index in [1.54, 1.807) is 23.9 Å². The van der Waals surface area contributed by atoms with E-state index in [9.17, 15) is 10.1 Å². The third-order valence-corrected chi connectivity index (χ3v) is 3.28. The minimum atomic E-state index is -0.315.